The quantitative estimate of drug-likeness (QED) is 0.820. The predicted octanol–water partition coefficient (Wildman–Crippen LogP) is 0.854. The SMILES string of the molecule is COCCN(C)C(=O)c1ccc(C#CCN)c(F)c1. The highest BCUT2D eigenvalue weighted by molar-refractivity contribution is 5.94. The van der Waals surface area contributed by atoms with E-state index in [-0.39, 0.29) is 23.6 Å². The molecule has 0 aliphatic carbocycles. The largest absolute Gasteiger partial charge is 0.383 e. The first-order chi connectivity index (χ1) is 9.10. The number of methoxy groups -OCH3 is 1. The monoisotopic (exact) mass is 264 g/mol. The smallest absolute Gasteiger partial charge is 0.253 e. The van der Waals surface area contributed by atoms with Crippen LogP contribution >= 0.6 is 0 Å². The molecule has 2 N–H and O–H groups in total. The Morgan fingerprint density at radius 2 is 2.26 bits per heavy atom. The van der Waals surface area contributed by atoms with Gasteiger partial charge in [0.25, 0.3) is 5.91 Å². The van der Waals surface area contributed by atoms with Gasteiger partial charge in [0.1, 0.15) is 5.82 Å². The first kappa shape index (κ1) is 15.2. The molecule has 0 spiro atoms. The van der Waals surface area contributed by atoms with E-state index in [4.69, 9.17) is 10.5 Å². The average Bonchev–Trinajstić information content (AvgIpc) is 2.42. The van der Waals surface area contributed by atoms with Crippen LogP contribution in [0.25, 0.3) is 0 Å². The van der Waals surface area contributed by atoms with E-state index in [0.717, 1.165) is 0 Å². The lowest BCUT2D eigenvalue weighted by Crippen LogP contribution is -2.30. The summed E-state index contributed by atoms with van der Waals surface area (Å²) in [7, 11) is 3.20. The Hall–Kier alpha value is -1.90. The highest BCUT2D eigenvalue weighted by Gasteiger charge is 2.13. The van der Waals surface area contributed by atoms with Gasteiger partial charge in [-0.05, 0) is 18.2 Å². The summed E-state index contributed by atoms with van der Waals surface area (Å²) >= 11 is 0. The molecule has 0 atom stereocenters. The van der Waals surface area contributed by atoms with Crippen LogP contribution in [0.3, 0.4) is 0 Å². The number of rotatable bonds is 4. The predicted molar refractivity (Wildman–Crippen MR) is 71.2 cm³/mol. The maximum atomic E-state index is 13.7. The van der Waals surface area contributed by atoms with Gasteiger partial charge in [-0.1, -0.05) is 11.8 Å². The molecule has 1 aromatic carbocycles. The fourth-order valence-electron chi connectivity index (χ4n) is 1.45. The molecular formula is C14H17FN2O2. The standard InChI is InChI=1S/C14H17FN2O2/c1-17(8-9-19-2)14(18)12-6-5-11(4-3-7-16)13(15)10-12/h5-6,10H,7-9,16H2,1-2H3. The molecule has 19 heavy (non-hydrogen) atoms. The Bertz CT molecular complexity index is 506. The van der Waals surface area contributed by atoms with Gasteiger partial charge in [0, 0.05) is 26.3 Å². The zero-order valence-electron chi connectivity index (χ0n) is 11.1. The zero-order chi connectivity index (χ0) is 14.3. The number of amides is 1. The number of carbonyl (C=O) groups is 1. The maximum absolute atomic E-state index is 13.7. The molecule has 0 saturated carbocycles. The average molecular weight is 264 g/mol. The number of nitrogens with two attached hydrogens (primary N) is 1. The number of benzene rings is 1. The number of hydrogen-bond donors (Lipinski definition) is 1. The van der Waals surface area contributed by atoms with Crippen molar-refractivity contribution in [3.8, 4) is 11.8 Å². The molecule has 0 unspecified atom stereocenters. The van der Waals surface area contributed by atoms with Crippen molar-refractivity contribution in [1.29, 1.82) is 0 Å². The fraction of sp³-hybridized carbons (Fsp3) is 0.357. The van der Waals surface area contributed by atoms with Crippen LogP contribution in [0, 0.1) is 17.7 Å². The lowest BCUT2D eigenvalue weighted by atomic mass is 10.1. The third-order valence-electron chi connectivity index (χ3n) is 2.52. The molecule has 0 saturated heterocycles. The lowest BCUT2D eigenvalue weighted by molar-refractivity contribution is 0.0744. The second-order valence-corrected chi connectivity index (χ2v) is 3.92. The minimum Gasteiger partial charge on any atom is -0.383 e. The van der Waals surface area contributed by atoms with Gasteiger partial charge in [-0.15, -0.1) is 0 Å². The minimum absolute atomic E-state index is 0.167. The summed E-state index contributed by atoms with van der Waals surface area (Å²) in [6.07, 6.45) is 0. The van der Waals surface area contributed by atoms with Crippen molar-refractivity contribution in [2.24, 2.45) is 5.73 Å². The summed E-state index contributed by atoms with van der Waals surface area (Å²) in [6, 6.07) is 4.22. The van der Waals surface area contributed by atoms with Gasteiger partial charge in [0.05, 0.1) is 18.7 Å². The van der Waals surface area contributed by atoms with Gasteiger partial charge in [-0.25, -0.2) is 4.39 Å². The van der Waals surface area contributed by atoms with E-state index in [0.29, 0.717) is 13.2 Å². The molecule has 1 amide bonds. The summed E-state index contributed by atoms with van der Waals surface area (Å²) < 4.78 is 18.6. The van der Waals surface area contributed by atoms with Crippen molar-refractivity contribution < 1.29 is 13.9 Å². The molecule has 1 aromatic rings. The first-order valence-corrected chi connectivity index (χ1v) is 5.83. The number of likely N-dealkylation sites (N-methyl/N-ethyl adjacent to an activating group) is 1. The molecule has 0 heterocycles. The van der Waals surface area contributed by atoms with Crippen LogP contribution in [0.15, 0.2) is 18.2 Å². The van der Waals surface area contributed by atoms with E-state index in [1.165, 1.54) is 17.0 Å². The van der Waals surface area contributed by atoms with Crippen molar-refractivity contribution in [3.63, 3.8) is 0 Å². The van der Waals surface area contributed by atoms with Crippen molar-refractivity contribution in [3.05, 3.63) is 35.1 Å². The second-order valence-electron chi connectivity index (χ2n) is 3.92. The minimum atomic E-state index is -0.521. The number of nitrogens with zero attached hydrogens (tertiary/aromatic N) is 1. The molecule has 0 aromatic heterocycles. The Kier molecular flexibility index (Phi) is 6.00. The van der Waals surface area contributed by atoms with Crippen LogP contribution in [0.2, 0.25) is 0 Å². The molecule has 0 fully saturated rings. The number of ether oxygens (including phenoxy) is 1. The molecule has 5 heteroatoms. The first-order valence-electron chi connectivity index (χ1n) is 5.83. The second kappa shape index (κ2) is 7.52. The van der Waals surface area contributed by atoms with Crippen LogP contribution in [0.5, 0.6) is 0 Å². The summed E-state index contributed by atoms with van der Waals surface area (Å²) in [5, 5.41) is 0. The van der Waals surface area contributed by atoms with Gasteiger partial charge < -0.3 is 15.4 Å². The third-order valence-corrected chi connectivity index (χ3v) is 2.52. The van der Waals surface area contributed by atoms with Gasteiger partial charge in [-0.2, -0.15) is 0 Å². The topological polar surface area (TPSA) is 55.6 Å². The molecule has 0 bridgehead atoms. The third kappa shape index (κ3) is 4.36. The van der Waals surface area contributed by atoms with E-state index in [2.05, 4.69) is 11.8 Å². The van der Waals surface area contributed by atoms with E-state index < -0.39 is 5.82 Å². The fourth-order valence-corrected chi connectivity index (χ4v) is 1.45. The van der Waals surface area contributed by atoms with Gasteiger partial charge in [0.15, 0.2) is 0 Å². The van der Waals surface area contributed by atoms with E-state index >= 15 is 0 Å². The lowest BCUT2D eigenvalue weighted by Gasteiger charge is -2.16. The van der Waals surface area contributed by atoms with Crippen molar-refractivity contribution >= 4 is 5.91 Å². The normalized spacial score (nSPS) is 9.68. The molecule has 0 aliphatic rings. The molecular weight excluding hydrogens is 247 g/mol. The summed E-state index contributed by atoms with van der Waals surface area (Å²) in [4.78, 5) is 13.5. The van der Waals surface area contributed by atoms with E-state index in [9.17, 15) is 9.18 Å². The van der Waals surface area contributed by atoms with Crippen LogP contribution in [0.4, 0.5) is 4.39 Å². The zero-order valence-corrected chi connectivity index (χ0v) is 11.1. The molecule has 0 aliphatic heterocycles. The Morgan fingerprint density at radius 1 is 1.53 bits per heavy atom. The van der Waals surface area contributed by atoms with Gasteiger partial charge >= 0.3 is 0 Å². The van der Waals surface area contributed by atoms with Crippen molar-refractivity contribution in [2.45, 2.75) is 0 Å². The van der Waals surface area contributed by atoms with Crippen LogP contribution in [-0.2, 0) is 4.74 Å². The van der Waals surface area contributed by atoms with Gasteiger partial charge in [-0.3, -0.25) is 4.79 Å². The molecule has 4 nitrogen and oxygen atoms in total. The van der Waals surface area contributed by atoms with Gasteiger partial charge in [0.2, 0.25) is 0 Å². The Labute approximate surface area is 112 Å². The summed E-state index contributed by atoms with van der Waals surface area (Å²) in [6.45, 7) is 1.05. The summed E-state index contributed by atoms with van der Waals surface area (Å²) in [5.41, 5.74) is 5.75. The highest BCUT2D eigenvalue weighted by Crippen LogP contribution is 2.11. The van der Waals surface area contributed by atoms with Crippen LogP contribution in [0.1, 0.15) is 15.9 Å². The highest BCUT2D eigenvalue weighted by atomic mass is 19.1. The number of hydrogen-bond acceptors (Lipinski definition) is 3. The van der Waals surface area contributed by atoms with Crippen LogP contribution < -0.4 is 5.73 Å². The van der Waals surface area contributed by atoms with E-state index in [1.807, 2.05) is 0 Å². The summed E-state index contributed by atoms with van der Waals surface area (Å²) in [5.74, 6) is 4.40. The van der Waals surface area contributed by atoms with Crippen LogP contribution in [-0.4, -0.2) is 44.7 Å². The maximum Gasteiger partial charge on any atom is 0.253 e. The van der Waals surface area contributed by atoms with Crippen molar-refractivity contribution in [1.82, 2.24) is 4.90 Å². The molecule has 102 valence electrons. The number of carbonyl (C=O) groups excluding carboxylic acids is 1. The molecule has 0 radical (unpaired) electrons. The Morgan fingerprint density at radius 3 is 2.84 bits per heavy atom. The van der Waals surface area contributed by atoms with E-state index in [1.54, 1.807) is 20.2 Å². The number of halogens is 1. The Balaban J connectivity index is 2.85. The van der Waals surface area contributed by atoms with Crippen molar-refractivity contribution in [2.75, 3.05) is 33.9 Å². The molecule has 1 rings (SSSR count).